The smallest absolute Gasteiger partial charge is 0.343 e. The molecule has 6 aliphatic rings. The number of likely N-dealkylation sites (tertiary alicyclic amines) is 2. The summed E-state index contributed by atoms with van der Waals surface area (Å²) in [5, 5.41) is 0. The van der Waals surface area contributed by atoms with E-state index < -0.39 is 5.97 Å². The number of carbonyl (C=O) groups is 6. The molecule has 3 unspecified atom stereocenters. The molecule has 2 amide bonds. The van der Waals surface area contributed by atoms with Crippen LogP contribution in [0, 0.1) is 71.1 Å². The van der Waals surface area contributed by atoms with Gasteiger partial charge in [0.2, 0.25) is 5.91 Å². The van der Waals surface area contributed by atoms with E-state index in [1.54, 1.807) is 24.3 Å². The number of amides is 2. The van der Waals surface area contributed by atoms with Gasteiger partial charge in [-0.05, 0) is 156 Å². The number of esters is 2. The van der Waals surface area contributed by atoms with Crippen LogP contribution >= 0.6 is 0 Å². The molecule has 2 aliphatic heterocycles. The third kappa shape index (κ3) is 10.6. The normalized spacial score (nSPS) is 21.7. The quantitative estimate of drug-likeness (QED) is 0.107. The highest BCUT2D eigenvalue weighted by molar-refractivity contribution is 6.32. The molecule has 0 radical (unpaired) electrons. The number of Topliss-reactive ketones (excluding diaryl/α,β-unsaturated/α-hetero) is 2. The molecular formula is C60H64N2O8. The van der Waals surface area contributed by atoms with Crippen molar-refractivity contribution in [3.05, 3.63) is 164 Å². The van der Waals surface area contributed by atoms with E-state index in [4.69, 9.17) is 9.47 Å². The molecule has 362 valence electrons. The summed E-state index contributed by atoms with van der Waals surface area (Å²) in [5.41, 5.74) is 10.9. The van der Waals surface area contributed by atoms with E-state index in [9.17, 15) is 28.8 Å². The van der Waals surface area contributed by atoms with Crippen LogP contribution in [0.15, 0.2) is 108 Å². The van der Waals surface area contributed by atoms with Gasteiger partial charge in [-0.3, -0.25) is 24.0 Å². The molecule has 4 aliphatic carbocycles. The molecule has 10 rings (SSSR count). The number of benzene rings is 4. The molecule has 0 bridgehead atoms. The third-order valence-electron chi connectivity index (χ3n) is 14.8. The summed E-state index contributed by atoms with van der Waals surface area (Å²) >= 11 is 0. The molecule has 0 N–H and O–H groups in total. The number of ketones is 2. The maximum absolute atomic E-state index is 13.9. The fourth-order valence-corrected chi connectivity index (χ4v) is 11.2. The van der Waals surface area contributed by atoms with Crippen LogP contribution < -0.4 is 0 Å². The van der Waals surface area contributed by atoms with E-state index in [2.05, 4.69) is 19.1 Å². The molecule has 4 fully saturated rings. The van der Waals surface area contributed by atoms with Crippen LogP contribution in [0.25, 0.3) is 11.1 Å². The van der Waals surface area contributed by atoms with E-state index in [0.717, 1.165) is 103 Å². The van der Waals surface area contributed by atoms with Crippen LogP contribution in [0.3, 0.4) is 0 Å². The van der Waals surface area contributed by atoms with Crippen LogP contribution in [-0.4, -0.2) is 71.3 Å². The molecule has 0 aromatic heterocycles. The molecule has 4 aromatic rings. The zero-order valence-corrected chi connectivity index (χ0v) is 41.4. The summed E-state index contributed by atoms with van der Waals surface area (Å²) in [6.45, 7) is 14.9. The largest absolute Gasteiger partial charge is 0.430 e. The van der Waals surface area contributed by atoms with Gasteiger partial charge in [0.25, 0.3) is 5.91 Å². The van der Waals surface area contributed by atoms with Crippen LogP contribution in [0.2, 0.25) is 0 Å². The van der Waals surface area contributed by atoms with Gasteiger partial charge in [0.05, 0.1) is 22.6 Å². The first kappa shape index (κ1) is 48.3. The van der Waals surface area contributed by atoms with Crippen molar-refractivity contribution in [3.8, 4) is 0 Å². The second-order valence-electron chi connectivity index (χ2n) is 20.7. The van der Waals surface area contributed by atoms with Crippen molar-refractivity contribution in [1.82, 2.24) is 9.80 Å². The monoisotopic (exact) mass is 940 g/mol. The van der Waals surface area contributed by atoms with Crippen molar-refractivity contribution in [3.63, 3.8) is 0 Å². The van der Waals surface area contributed by atoms with Gasteiger partial charge in [-0.25, -0.2) is 4.79 Å². The number of allylic oxidation sites excluding steroid dienone is 4. The highest BCUT2D eigenvalue weighted by atomic mass is 16.5. The van der Waals surface area contributed by atoms with Crippen molar-refractivity contribution in [2.24, 2.45) is 29.6 Å². The van der Waals surface area contributed by atoms with Crippen LogP contribution in [0.4, 0.5) is 0 Å². The summed E-state index contributed by atoms with van der Waals surface area (Å²) in [5.74, 6) is 1.06. The topological polar surface area (TPSA) is 127 Å². The first-order valence-corrected chi connectivity index (χ1v) is 25.2. The number of rotatable bonds is 11. The standard InChI is InChI=1S/C33H31NO4.C27H33NO4/c1-21-16-22(2)29(23(3)17-21)30-28(38-33(37)26-12-8-5-9-13-26)19-27(31(30)35)18-24-14-15-34(20-24)32(36)25-10-6-4-7-11-25;1-15-10-16(2)23(17(3)11-15)24-22(32-27(31)20-6-7-20)13-21(25(24)29)12-18-8-9-28(14-18)26(30)19-4-5-19/h4-13,16-18,24H,14-15,19-20H2,1-3H3;10-11,18-21H,4-9,12-14H2,1-3H3/b27-18+;. The van der Waals surface area contributed by atoms with E-state index in [1.807, 2.05) is 99.0 Å². The Balaban J connectivity index is 0.000000176. The van der Waals surface area contributed by atoms with E-state index in [-0.39, 0.29) is 53.5 Å². The average Bonchev–Trinajstić information content (AvgIpc) is 4.23. The van der Waals surface area contributed by atoms with Gasteiger partial charge < -0.3 is 19.3 Å². The second-order valence-corrected chi connectivity index (χ2v) is 20.7. The summed E-state index contributed by atoms with van der Waals surface area (Å²) in [6, 6.07) is 26.4. The minimum absolute atomic E-state index is 0.00468. The van der Waals surface area contributed by atoms with Crippen LogP contribution in [-0.2, 0) is 28.7 Å². The number of ether oxygens (including phenoxy) is 2. The van der Waals surface area contributed by atoms with E-state index in [0.29, 0.717) is 70.7 Å². The summed E-state index contributed by atoms with van der Waals surface area (Å²) in [4.78, 5) is 82.2. The fourth-order valence-electron chi connectivity index (χ4n) is 11.2. The first-order chi connectivity index (χ1) is 33.6. The molecule has 4 aromatic carbocycles. The Bertz CT molecular complexity index is 2820. The average molecular weight is 941 g/mol. The van der Waals surface area contributed by atoms with Gasteiger partial charge >= 0.3 is 11.9 Å². The predicted octanol–water partition coefficient (Wildman–Crippen LogP) is 10.8. The van der Waals surface area contributed by atoms with Crippen molar-refractivity contribution < 1.29 is 38.2 Å². The van der Waals surface area contributed by atoms with Gasteiger partial charge in [-0.2, -0.15) is 0 Å². The zero-order chi connectivity index (χ0) is 49.4. The molecule has 3 atom stereocenters. The lowest BCUT2D eigenvalue weighted by Gasteiger charge is -2.18. The first-order valence-electron chi connectivity index (χ1n) is 25.2. The molecule has 2 heterocycles. The van der Waals surface area contributed by atoms with E-state index >= 15 is 0 Å². The van der Waals surface area contributed by atoms with Crippen LogP contribution in [0.1, 0.15) is 123 Å². The number of aryl methyl sites for hydroxylation is 6. The van der Waals surface area contributed by atoms with Crippen LogP contribution in [0.5, 0.6) is 0 Å². The van der Waals surface area contributed by atoms with Gasteiger partial charge in [0.15, 0.2) is 11.6 Å². The SMILES string of the molecule is Cc1cc(C)c(C2=C(OC(=O)C3CC3)CC(CC3CCN(C(=O)C4CC4)C3)C2=O)c(C)c1.Cc1cc(C)c(C2=C(OC(=O)c3ccccc3)C/C(=C\C3CCN(C(=O)c4ccccc4)C3)C2=O)c(C)c1. The minimum Gasteiger partial charge on any atom is -0.430 e. The van der Waals surface area contributed by atoms with Gasteiger partial charge in [-0.1, -0.05) is 77.9 Å². The number of nitrogens with zero attached hydrogens (tertiary/aromatic N) is 2. The van der Waals surface area contributed by atoms with Gasteiger partial charge in [0, 0.05) is 62.0 Å². The maximum Gasteiger partial charge on any atom is 0.343 e. The highest BCUT2D eigenvalue weighted by Crippen LogP contribution is 2.44. The molecular weight excluding hydrogens is 877 g/mol. The summed E-state index contributed by atoms with van der Waals surface area (Å²) in [6.07, 6.45) is 9.05. The summed E-state index contributed by atoms with van der Waals surface area (Å²) in [7, 11) is 0. The Morgan fingerprint density at radius 3 is 1.76 bits per heavy atom. The Kier molecular flexibility index (Phi) is 14.1. The molecule has 10 nitrogen and oxygen atoms in total. The number of hydrogen-bond donors (Lipinski definition) is 0. The Morgan fingerprint density at radius 2 is 1.17 bits per heavy atom. The molecule has 2 saturated carbocycles. The Hall–Kier alpha value is -6.68. The Labute approximate surface area is 411 Å². The van der Waals surface area contributed by atoms with E-state index in [1.165, 1.54) is 0 Å². The van der Waals surface area contributed by atoms with Crippen molar-refractivity contribution >= 4 is 46.5 Å². The van der Waals surface area contributed by atoms with Crippen molar-refractivity contribution in [1.29, 1.82) is 0 Å². The maximum atomic E-state index is 13.9. The van der Waals surface area contributed by atoms with Crippen molar-refractivity contribution in [2.45, 2.75) is 99.3 Å². The minimum atomic E-state index is -0.477. The molecule has 70 heavy (non-hydrogen) atoms. The van der Waals surface area contributed by atoms with Crippen molar-refractivity contribution in [2.75, 3.05) is 26.2 Å². The second kappa shape index (κ2) is 20.3. The number of carbonyl (C=O) groups excluding carboxylic acids is 6. The highest BCUT2D eigenvalue weighted by Gasteiger charge is 2.43. The lowest BCUT2D eigenvalue weighted by Crippen LogP contribution is -2.30. The fraction of sp³-hybridized carbons (Fsp3) is 0.400. The van der Waals surface area contributed by atoms with Gasteiger partial charge in [-0.15, -0.1) is 0 Å². The third-order valence-corrected chi connectivity index (χ3v) is 14.8. The predicted molar refractivity (Wildman–Crippen MR) is 269 cm³/mol. The Morgan fingerprint density at radius 1 is 0.614 bits per heavy atom. The van der Waals surface area contributed by atoms with Gasteiger partial charge in [0.1, 0.15) is 11.5 Å². The lowest BCUT2D eigenvalue weighted by molar-refractivity contribution is -0.141. The molecule has 10 heteroatoms. The molecule has 0 spiro atoms. The summed E-state index contributed by atoms with van der Waals surface area (Å²) < 4.78 is 11.8. The molecule has 2 saturated heterocycles. The lowest BCUT2D eigenvalue weighted by atomic mass is 9.87. The number of hydrogen-bond acceptors (Lipinski definition) is 8. The zero-order valence-electron chi connectivity index (χ0n) is 41.4.